The van der Waals surface area contributed by atoms with E-state index in [1.54, 1.807) is 7.11 Å². The van der Waals surface area contributed by atoms with Crippen LogP contribution in [0.1, 0.15) is 30.0 Å². The number of anilines is 1. The molecule has 6 heteroatoms. The van der Waals surface area contributed by atoms with Crippen LogP contribution >= 0.6 is 24.0 Å². The van der Waals surface area contributed by atoms with Crippen molar-refractivity contribution in [2.24, 2.45) is 10.7 Å². The molecule has 5 nitrogen and oxygen atoms in total. The van der Waals surface area contributed by atoms with Crippen molar-refractivity contribution < 1.29 is 9.47 Å². The highest BCUT2D eigenvalue weighted by molar-refractivity contribution is 14.0. The summed E-state index contributed by atoms with van der Waals surface area (Å²) in [6.07, 6.45) is 0.954. The lowest BCUT2D eigenvalue weighted by atomic mass is 10.1. The molecule has 0 spiro atoms. The summed E-state index contributed by atoms with van der Waals surface area (Å²) in [5.74, 6) is 1.84. The molecule has 0 fully saturated rings. The van der Waals surface area contributed by atoms with Gasteiger partial charge in [0.1, 0.15) is 0 Å². The van der Waals surface area contributed by atoms with Crippen molar-refractivity contribution in [2.75, 3.05) is 19.0 Å². The van der Waals surface area contributed by atoms with Gasteiger partial charge >= 0.3 is 0 Å². The van der Waals surface area contributed by atoms with Gasteiger partial charge in [-0.1, -0.05) is 19.1 Å². The van der Waals surface area contributed by atoms with Gasteiger partial charge in [0, 0.05) is 5.69 Å². The Morgan fingerprint density at radius 1 is 1.08 bits per heavy atom. The summed E-state index contributed by atoms with van der Waals surface area (Å²) in [6.45, 7) is 7.32. The van der Waals surface area contributed by atoms with Crippen LogP contribution < -0.4 is 20.5 Å². The van der Waals surface area contributed by atoms with Gasteiger partial charge < -0.3 is 20.5 Å². The predicted molar refractivity (Wildman–Crippen MR) is 119 cm³/mol. The molecule has 0 saturated carbocycles. The van der Waals surface area contributed by atoms with Crippen molar-refractivity contribution in [3.63, 3.8) is 0 Å². The van der Waals surface area contributed by atoms with Crippen LogP contribution in [0, 0.1) is 13.8 Å². The van der Waals surface area contributed by atoms with E-state index in [4.69, 9.17) is 15.2 Å². The monoisotopic (exact) mass is 469 g/mol. The number of hydrogen-bond donors (Lipinski definition) is 2. The number of nitrogens with two attached hydrogens (primary N) is 1. The highest BCUT2D eigenvalue weighted by atomic mass is 127. The van der Waals surface area contributed by atoms with Gasteiger partial charge in [0.05, 0.1) is 20.3 Å². The van der Waals surface area contributed by atoms with E-state index in [0.29, 0.717) is 24.9 Å². The van der Waals surface area contributed by atoms with Gasteiger partial charge in [-0.15, -0.1) is 24.0 Å². The van der Waals surface area contributed by atoms with Crippen molar-refractivity contribution in [1.29, 1.82) is 0 Å². The van der Waals surface area contributed by atoms with Crippen molar-refractivity contribution in [1.82, 2.24) is 0 Å². The fourth-order valence-electron chi connectivity index (χ4n) is 2.55. The maximum Gasteiger partial charge on any atom is 0.193 e. The van der Waals surface area contributed by atoms with E-state index in [9.17, 15) is 0 Å². The van der Waals surface area contributed by atoms with Crippen LogP contribution in [0.3, 0.4) is 0 Å². The van der Waals surface area contributed by atoms with Gasteiger partial charge in [0.25, 0.3) is 0 Å². The Labute approximate surface area is 173 Å². The Bertz CT molecular complexity index is 728. The van der Waals surface area contributed by atoms with Crippen LogP contribution in [0.4, 0.5) is 5.69 Å². The van der Waals surface area contributed by atoms with Crippen LogP contribution in [-0.4, -0.2) is 19.7 Å². The number of nitrogens with zero attached hydrogens (tertiary/aromatic N) is 1. The molecule has 0 radical (unpaired) electrons. The Morgan fingerprint density at radius 3 is 2.38 bits per heavy atom. The summed E-state index contributed by atoms with van der Waals surface area (Å²) in [6, 6.07) is 12.0. The van der Waals surface area contributed by atoms with Crippen molar-refractivity contribution >= 4 is 35.6 Å². The van der Waals surface area contributed by atoms with E-state index in [1.807, 2.05) is 30.3 Å². The third kappa shape index (κ3) is 6.74. The number of benzene rings is 2. The molecule has 0 aliphatic heterocycles. The zero-order chi connectivity index (χ0) is 18.2. The van der Waals surface area contributed by atoms with Gasteiger partial charge in [-0.3, -0.25) is 0 Å². The molecule has 0 saturated heterocycles. The number of aliphatic imine (C=N–C) groups is 1. The van der Waals surface area contributed by atoms with E-state index in [1.165, 1.54) is 11.1 Å². The number of nitrogens with one attached hydrogen (secondary N) is 1. The van der Waals surface area contributed by atoms with Gasteiger partial charge in [0.2, 0.25) is 0 Å². The summed E-state index contributed by atoms with van der Waals surface area (Å²) in [4.78, 5) is 4.40. The first-order valence-electron chi connectivity index (χ1n) is 8.46. The summed E-state index contributed by atoms with van der Waals surface area (Å²) < 4.78 is 11.1. The van der Waals surface area contributed by atoms with Gasteiger partial charge in [0.15, 0.2) is 17.5 Å². The molecule has 0 unspecified atom stereocenters. The van der Waals surface area contributed by atoms with Crippen LogP contribution in [0.2, 0.25) is 0 Å². The summed E-state index contributed by atoms with van der Waals surface area (Å²) in [5.41, 5.74) is 10.3. The lowest BCUT2D eigenvalue weighted by Gasteiger charge is -2.11. The number of halogens is 1. The molecule has 26 heavy (non-hydrogen) atoms. The van der Waals surface area contributed by atoms with E-state index < -0.39 is 0 Å². The molecule has 2 aromatic carbocycles. The van der Waals surface area contributed by atoms with Crippen molar-refractivity contribution in [3.8, 4) is 11.5 Å². The fourth-order valence-corrected chi connectivity index (χ4v) is 2.55. The molecule has 0 amide bonds. The van der Waals surface area contributed by atoms with E-state index in [-0.39, 0.29) is 24.0 Å². The maximum atomic E-state index is 6.00. The molecule has 0 heterocycles. The molecule has 3 N–H and O–H groups in total. The quantitative estimate of drug-likeness (QED) is 0.352. The lowest BCUT2D eigenvalue weighted by molar-refractivity contribution is 0.294. The van der Waals surface area contributed by atoms with Crippen LogP contribution in [0.25, 0.3) is 0 Å². The first kappa shape index (κ1) is 22.1. The van der Waals surface area contributed by atoms with Crippen LogP contribution in [0.15, 0.2) is 41.4 Å². The van der Waals surface area contributed by atoms with Crippen molar-refractivity contribution in [3.05, 3.63) is 53.1 Å². The third-order valence-electron chi connectivity index (χ3n) is 3.62. The Morgan fingerprint density at radius 2 is 1.77 bits per heavy atom. The molecule has 0 aliphatic rings. The topological polar surface area (TPSA) is 68.9 Å². The SMILES string of the molecule is CCCOc1ccc(CN=C(N)Nc2cc(C)cc(C)c2)cc1OC.I. The normalized spacial score (nSPS) is 10.8. The minimum absolute atomic E-state index is 0. The second kappa shape index (κ2) is 10.9. The number of methoxy groups -OCH3 is 1. The van der Waals surface area contributed by atoms with Gasteiger partial charge in [-0.05, 0) is 61.2 Å². The first-order chi connectivity index (χ1) is 12.0. The van der Waals surface area contributed by atoms with Gasteiger partial charge in [-0.25, -0.2) is 4.99 Å². The summed E-state index contributed by atoms with van der Waals surface area (Å²) in [7, 11) is 1.64. The molecule has 0 aliphatic carbocycles. The number of ether oxygens (including phenoxy) is 2. The Kier molecular flexibility index (Phi) is 9.26. The standard InChI is InChI=1S/C20H27N3O2.HI/c1-5-8-25-18-7-6-16(12-19(18)24-4)13-22-20(21)23-17-10-14(2)9-15(3)11-17;/h6-7,9-12H,5,8,13H2,1-4H3,(H3,21,22,23);1H. The second-order valence-corrected chi connectivity index (χ2v) is 6.04. The first-order valence-corrected chi connectivity index (χ1v) is 8.46. The molecule has 0 bridgehead atoms. The number of guanidine groups is 1. The summed E-state index contributed by atoms with van der Waals surface area (Å²) >= 11 is 0. The van der Waals surface area contributed by atoms with Crippen LogP contribution in [-0.2, 0) is 6.54 Å². The molecule has 142 valence electrons. The zero-order valence-electron chi connectivity index (χ0n) is 15.8. The third-order valence-corrected chi connectivity index (χ3v) is 3.62. The fraction of sp³-hybridized carbons (Fsp3) is 0.350. The largest absolute Gasteiger partial charge is 0.493 e. The zero-order valence-corrected chi connectivity index (χ0v) is 18.2. The molecule has 0 aromatic heterocycles. The Hall–Kier alpha value is -1.96. The highest BCUT2D eigenvalue weighted by Crippen LogP contribution is 2.28. The second-order valence-electron chi connectivity index (χ2n) is 6.04. The van der Waals surface area contributed by atoms with E-state index in [0.717, 1.165) is 23.4 Å². The average Bonchev–Trinajstić information content (AvgIpc) is 2.57. The summed E-state index contributed by atoms with van der Waals surface area (Å²) in [5, 5.41) is 3.13. The molecule has 2 aromatic rings. The number of aryl methyl sites for hydroxylation is 2. The maximum absolute atomic E-state index is 6.00. The highest BCUT2D eigenvalue weighted by Gasteiger charge is 2.05. The van der Waals surface area contributed by atoms with Crippen LogP contribution in [0.5, 0.6) is 11.5 Å². The minimum atomic E-state index is 0. The van der Waals surface area contributed by atoms with Crippen molar-refractivity contribution in [2.45, 2.75) is 33.7 Å². The molecule has 2 rings (SSSR count). The van der Waals surface area contributed by atoms with Gasteiger partial charge in [-0.2, -0.15) is 0 Å². The predicted octanol–water partition coefficient (Wildman–Crippen LogP) is 4.65. The lowest BCUT2D eigenvalue weighted by Crippen LogP contribution is -2.22. The minimum Gasteiger partial charge on any atom is -0.493 e. The number of rotatable bonds is 7. The average molecular weight is 469 g/mol. The number of hydrogen-bond acceptors (Lipinski definition) is 3. The molecular formula is C20H28IN3O2. The Balaban J connectivity index is 0.00000338. The van der Waals surface area contributed by atoms with E-state index >= 15 is 0 Å². The molecular weight excluding hydrogens is 441 g/mol. The molecule has 0 atom stereocenters. The smallest absolute Gasteiger partial charge is 0.193 e. The van der Waals surface area contributed by atoms with E-state index in [2.05, 4.69) is 37.1 Å².